The lowest BCUT2D eigenvalue weighted by molar-refractivity contribution is -0.149. The molecule has 1 atom stereocenters. The second-order valence-corrected chi connectivity index (χ2v) is 3.41. The highest BCUT2D eigenvalue weighted by molar-refractivity contribution is 5.71. The predicted molar refractivity (Wildman–Crippen MR) is 48.5 cm³/mol. The summed E-state index contributed by atoms with van der Waals surface area (Å²) in [5.74, 6) is -0.198. The number of carbonyl (C=O) groups is 1. The maximum atomic E-state index is 11.1. The van der Waals surface area contributed by atoms with Gasteiger partial charge in [-0.2, -0.15) is 0 Å². The van der Waals surface area contributed by atoms with Gasteiger partial charge in [-0.25, -0.2) is 0 Å². The van der Waals surface area contributed by atoms with Crippen LogP contribution in [0, 0.1) is 0 Å². The Morgan fingerprint density at radius 3 is 2.85 bits per heavy atom. The fraction of sp³-hybridized carbons (Fsp3) is 0.889. The first kappa shape index (κ1) is 10.5. The minimum absolute atomic E-state index is 0.154. The molecule has 0 saturated heterocycles. The Hall–Kier alpha value is -0.610. The zero-order valence-corrected chi connectivity index (χ0v) is 8.21. The third kappa shape index (κ3) is 4.85. The highest BCUT2D eigenvalue weighted by Gasteiger charge is 2.21. The van der Waals surface area contributed by atoms with Crippen LogP contribution in [0.15, 0.2) is 0 Å². The van der Waals surface area contributed by atoms with Gasteiger partial charge in [0.2, 0.25) is 0 Å². The molecule has 0 radical (unpaired) electrons. The van der Waals surface area contributed by atoms with E-state index >= 15 is 0 Å². The van der Waals surface area contributed by atoms with Gasteiger partial charge in [0, 0.05) is 13.2 Å². The molecule has 1 N–H and O–H groups in total. The highest BCUT2D eigenvalue weighted by atomic mass is 16.6. The second-order valence-electron chi connectivity index (χ2n) is 3.41. The summed E-state index contributed by atoms with van der Waals surface area (Å²) in [6.45, 7) is 2.59. The molecule has 0 aromatic rings. The second kappa shape index (κ2) is 5.19. The van der Waals surface area contributed by atoms with Crippen LogP contribution in [0.25, 0.3) is 0 Å². The van der Waals surface area contributed by atoms with Crippen molar-refractivity contribution in [2.45, 2.75) is 31.9 Å². The monoisotopic (exact) mass is 187 g/mol. The fourth-order valence-corrected chi connectivity index (χ4v) is 1.05. The first-order chi connectivity index (χ1) is 6.22. The minimum Gasteiger partial charge on any atom is -0.459 e. The van der Waals surface area contributed by atoms with Crippen molar-refractivity contribution in [1.82, 2.24) is 5.32 Å². The summed E-state index contributed by atoms with van der Waals surface area (Å²) < 4.78 is 9.89. The lowest BCUT2D eigenvalue weighted by atomic mass is 10.4. The molecule has 1 fully saturated rings. The summed E-state index contributed by atoms with van der Waals surface area (Å²) in [7, 11) is 1.59. The van der Waals surface area contributed by atoms with Gasteiger partial charge in [-0.1, -0.05) is 0 Å². The average molecular weight is 187 g/mol. The molecule has 1 rings (SSSR count). The van der Waals surface area contributed by atoms with E-state index < -0.39 is 0 Å². The van der Waals surface area contributed by atoms with E-state index in [2.05, 4.69) is 5.32 Å². The summed E-state index contributed by atoms with van der Waals surface area (Å²) in [5, 5.41) is 3.09. The van der Waals surface area contributed by atoms with Gasteiger partial charge in [-0.3, -0.25) is 4.79 Å². The molecule has 0 aliphatic heterocycles. The average Bonchev–Trinajstić information content (AvgIpc) is 2.84. The van der Waals surface area contributed by atoms with Crippen LogP contribution in [0.3, 0.4) is 0 Å². The van der Waals surface area contributed by atoms with Crippen LogP contribution in [0.2, 0.25) is 0 Å². The molecular formula is C9H17NO3. The molecule has 0 aromatic heterocycles. The topological polar surface area (TPSA) is 47.6 Å². The number of nitrogens with one attached hydrogen (secondary N) is 1. The van der Waals surface area contributed by atoms with E-state index in [0.29, 0.717) is 19.2 Å². The Kier molecular flexibility index (Phi) is 4.18. The summed E-state index contributed by atoms with van der Waals surface area (Å²) >= 11 is 0. The van der Waals surface area contributed by atoms with Gasteiger partial charge >= 0.3 is 5.97 Å². The van der Waals surface area contributed by atoms with Crippen LogP contribution in [-0.4, -0.2) is 38.4 Å². The number of esters is 1. The molecule has 13 heavy (non-hydrogen) atoms. The maximum Gasteiger partial charge on any atom is 0.320 e. The first-order valence-corrected chi connectivity index (χ1v) is 4.64. The molecule has 1 unspecified atom stereocenters. The largest absolute Gasteiger partial charge is 0.459 e. The molecule has 1 saturated carbocycles. The van der Waals surface area contributed by atoms with Crippen LogP contribution < -0.4 is 5.32 Å². The predicted octanol–water partition coefficient (Wildman–Crippen LogP) is 0.317. The van der Waals surface area contributed by atoms with Crippen LogP contribution in [0.4, 0.5) is 0 Å². The molecule has 0 bridgehead atoms. The van der Waals surface area contributed by atoms with E-state index in [1.54, 1.807) is 7.11 Å². The zero-order valence-electron chi connectivity index (χ0n) is 8.21. The molecule has 0 amide bonds. The number of ether oxygens (including phenoxy) is 2. The summed E-state index contributed by atoms with van der Waals surface area (Å²) in [6, 6.07) is 0.547. The Morgan fingerprint density at radius 2 is 2.31 bits per heavy atom. The van der Waals surface area contributed by atoms with Gasteiger partial charge in [0.25, 0.3) is 0 Å². The molecule has 0 spiro atoms. The Morgan fingerprint density at radius 1 is 1.62 bits per heavy atom. The lowest BCUT2D eigenvalue weighted by Crippen LogP contribution is -2.30. The maximum absolute atomic E-state index is 11.1. The summed E-state index contributed by atoms with van der Waals surface area (Å²) in [4.78, 5) is 11.1. The van der Waals surface area contributed by atoms with Crippen molar-refractivity contribution in [3.05, 3.63) is 0 Å². The normalized spacial score (nSPS) is 18.3. The zero-order chi connectivity index (χ0) is 9.68. The quantitative estimate of drug-likeness (QED) is 0.608. The van der Waals surface area contributed by atoms with Crippen molar-refractivity contribution in [3.8, 4) is 0 Å². The van der Waals surface area contributed by atoms with E-state index in [1.165, 1.54) is 12.8 Å². The number of carbonyl (C=O) groups excluding carboxylic acids is 1. The Balaban J connectivity index is 2.01. The Labute approximate surface area is 78.6 Å². The number of hydrogen-bond donors (Lipinski definition) is 1. The first-order valence-electron chi connectivity index (χ1n) is 4.64. The van der Waals surface area contributed by atoms with E-state index in [-0.39, 0.29) is 12.1 Å². The number of rotatable bonds is 6. The van der Waals surface area contributed by atoms with Crippen molar-refractivity contribution in [3.63, 3.8) is 0 Å². The molecule has 0 aromatic carbocycles. The molecular weight excluding hydrogens is 170 g/mol. The van der Waals surface area contributed by atoms with E-state index in [0.717, 1.165) is 0 Å². The SMILES string of the molecule is COCC(C)OC(=O)CNC1CC1. The minimum atomic E-state index is -0.198. The van der Waals surface area contributed by atoms with E-state index in [4.69, 9.17) is 9.47 Å². The fourth-order valence-electron chi connectivity index (χ4n) is 1.05. The van der Waals surface area contributed by atoms with Crippen molar-refractivity contribution in [1.29, 1.82) is 0 Å². The Bertz CT molecular complexity index is 168. The van der Waals surface area contributed by atoms with Crippen molar-refractivity contribution in [2.75, 3.05) is 20.3 Å². The van der Waals surface area contributed by atoms with E-state index in [1.807, 2.05) is 6.92 Å². The standard InChI is InChI=1S/C9H17NO3/c1-7(6-12-2)13-9(11)5-10-8-3-4-8/h7-8,10H,3-6H2,1-2H3. The van der Waals surface area contributed by atoms with Gasteiger partial charge in [0.05, 0.1) is 13.2 Å². The smallest absolute Gasteiger partial charge is 0.320 e. The van der Waals surface area contributed by atoms with Gasteiger partial charge in [-0.05, 0) is 19.8 Å². The molecule has 0 heterocycles. The van der Waals surface area contributed by atoms with Gasteiger partial charge in [-0.15, -0.1) is 0 Å². The van der Waals surface area contributed by atoms with Crippen molar-refractivity contribution < 1.29 is 14.3 Å². The van der Waals surface area contributed by atoms with Gasteiger partial charge in [0.15, 0.2) is 0 Å². The molecule has 4 heteroatoms. The van der Waals surface area contributed by atoms with Gasteiger partial charge < -0.3 is 14.8 Å². The summed E-state index contributed by atoms with van der Waals surface area (Å²) in [6.07, 6.45) is 2.21. The highest BCUT2D eigenvalue weighted by Crippen LogP contribution is 2.18. The lowest BCUT2D eigenvalue weighted by Gasteiger charge is -2.12. The van der Waals surface area contributed by atoms with Crippen molar-refractivity contribution in [2.24, 2.45) is 0 Å². The molecule has 4 nitrogen and oxygen atoms in total. The number of methoxy groups -OCH3 is 1. The van der Waals surface area contributed by atoms with Crippen LogP contribution >= 0.6 is 0 Å². The molecule has 76 valence electrons. The van der Waals surface area contributed by atoms with Crippen LogP contribution in [0.1, 0.15) is 19.8 Å². The van der Waals surface area contributed by atoms with Crippen molar-refractivity contribution >= 4 is 5.97 Å². The third-order valence-corrected chi connectivity index (χ3v) is 1.85. The van der Waals surface area contributed by atoms with Crippen LogP contribution in [-0.2, 0) is 14.3 Å². The van der Waals surface area contributed by atoms with E-state index in [9.17, 15) is 4.79 Å². The number of hydrogen-bond acceptors (Lipinski definition) is 4. The third-order valence-electron chi connectivity index (χ3n) is 1.85. The van der Waals surface area contributed by atoms with Gasteiger partial charge in [0.1, 0.15) is 6.10 Å². The van der Waals surface area contributed by atoms with Crippen LogP contribution in [0.5, 0.6) is 0 Å². The molecule has 1 aliphatic rings. The molecule has 1 aliphatic carbocycles. The summed E-state index contributed by atoms with van der Waals surface area (Å²) in [5.41, 5.74) is 0.